The molecular weight excluding hydrogens is 288 g/mol. The number of fused-ring (bicyclic) bond motifs is 3. The maximum Gasteiger partial charge on any atom is 0.263 e. The van der Waals surface area contributed by atoms with E-state index < -0.39 is 0 Å². The molecule has 0 aliphatic heterocycles. The fourth-order valence-electron chi connectivity index (χ4n) is 2.91. The summed E-state index contributed by atoms with van der Waals surface area (Å²) in [5.74, 6) is 0.488. The minimum absolute atomic E-state index is 0.00306. The summed E-state index contributed by atoms with van der Waals surface area (Å²) >= 11 is 1.66. The Labute approximate surface area is 124 Å². The van der Waals surface area contributed by atoms with Gasteiger partial charge in [-0.25, -0.2) is 4.98 Å². The van der Waals surface area contributed by atoms with Gasteiger partial charge in [-0.15, -0.1) is 21.5 Å². The van der Waals surface area contributed by atoms with E-state index in [-0.39, 0.29) is 11.6 Å². The van der Waals surface area contributed by atoms with Gasteiger partial charge in [-0.2, -0.15) is 5.21 Å². The van der Waals surface area contributed by atoms with Crippen molar-refractivity contribution in [3.05, 3.63) is 32.9 Å². The van der Waals surface area contributed by atoms with Crippen LogP contribution in [0.1, 0.15) is 42.1 Å². The fourth-order valence-corrected chi connectivity index (χ4v) is 4.13. The highest BCUT2D eigenvalue weighted by atomic mass is 32.1. The lowest BCUT2D eigenvalue weighted by Gasteiger charge is -2.12. The van der Waals surface area contributed by atoms with Gasteiger partial charge in [0.15, 0.2) is 5.82 Å². The number of hydrogen-bond donors (Lipinski definition) is 1. The summed E-state index contributed by atoms with van der Waals surface area (Å²) in [7, 11) is 0. The Hall–Kier alpha value is -2.09. The van der Waals surface area contributed by atoms with Crippen LogP contribution in [-0.2, 0) is 12.8 Å². The van der Waals surface area contributed by atoms with Crippen LogP contribution < -0.4 is 5.56 Å². The molecule has 0 aromatic carbocycles. The lowest BCUT2D eigenvalue weighted by atomic mass is 9.97. The van der Waals surface area contributed by atoms with Crippen molar-refractivity contribution in [3.8, 4) is 0 Å². The molecular formula is C13H14N6OS. The number of rotatable bonds is 2. The van der Waals surface area contributed by atoms with E-state index in [1.165, 1.54) is 16.9 Å². The lowest BCUT2D eigenvalue weighted by Crippen LogP contribution is -2.25. The first kappa shape index (κ1) is 12.6. The summed E-state index contributed by atoms with van der Waals surface area (Å²) in [4.78, 5) is 19.5. The summed E-state index contributed by atoms with van der Waals surface area (Å²) in [6, 6.07) is -0.285. The molecule has 3 heterocycles. The first-order valence-electron chi connectivity index (χ1n) is 7.00. The quantitative estimate of drug-likeness (QED) is 0.774. The van der Waals surface area contributed by atoms with Crippen LogP contribution in [-0.4, -0.2) is 30.2 Å². The van der Waals surface area contributed by atoms with Gasteiger partial charge < -0.3 is 0 Å². The van der Waals surface area contributed by atoms with E-state index in [1.807, 2.05) is 6.92 Å². The van der Waals surface area contributed by atoms with Crippen molar-refractivity contribution in [3.63, 3.8) is 0 Å². The maximum atomic E-state index is 12.8. The number of aryl methyl sites for hydroxylation is 2. The van der Waals surface area contributed by atoms with Crippen LogP contribution in [0, 0.1) is 0 Å². The number of H-pyrrole nitrogens is 1. The molecule has 8 heteroatoms. The first-order valence-corrected chi connectivity index (χ1v) is 7.82. The van der Waals surface area contributed by atoms with E-state index in [0.717, 1.165) is 29.5 Å². The fraction of sp³-hybridized carbons (Fsp3) is 0.462. The van der Waals surface area contributed by atoms with E-state index >= 15 is 0 Å². The largest absolute Gasteiger partial charge is 0.288 e. The molecule has 1 N–H and O–H groups in total. The predicted molar refractivity (Wildman–Crippen MR) is 78.5 cm³/mol. The van der Waals surface area contributed by atoms with Gasteiger partial charge in [-0.05, 0) is 38.2 Å². The van der Waals surface area contributed by atoms with Crippen LogP contribution in [0.5, 0.6) is 0 Å². The van der Waals surface area contributed by atoms with Crippen molar-refractivity contribution in [2.24, 2.45) is 0 Å². The van der Waals surface area contributed by atoms with Gasteiger partial charge in [-0.1, -0.05) is 5.21 Å². The number of aromatic amines is 1. The van der Waals surface area contributed by atoms with E-state index in [4.69, 9.17) is 0 Å². The second-order valence-electron chi connectivity index (χ2n) is 5.29. The minimum atomic E-state index is -0.285. The van der Waals surface area contributed by atoms with Crippen LogP contribution >= 0.6 is 11.3 Å². The number of hydrogen-bond acceptors (Lipinski definition) is 6. The summed E-state index contributed by atoms with van der Waals surface area (Å²) in [6.07, 6.45) is 5.98. The molecule has 1 aliphatic carbocycles. The van der Waals surface area contributed by atoms with Gasteiger partial charge >= 0.3 is 0 Å². The van der Waals surface area contributed by atoms with Crippen molar-refractivity contribution in [1.82, 2.24) is 30.2 Å². The molecule has 0 spiro atoms. The molecule has 0 saturated heterocycles. The van der Waals surface area contributed by atoms with Crippen molar-refractivity contribution >= 4 is 21.6 Å². The number of nitrogens with one attached hydrogen (secondary N) is 1. The van der Waals surface area contributed by atoms with Gasteiger partial charge in [0.25, 0.3) is 5.56 Å². The highest BCUT2D eigenvalue weighted by Crippen LogP contribution is 2.33. The molecule has 21 heavy (non-hydrogen) atoms. The summed E-state index contributed by atoms with van der Waals surface area (Å²) < 4.78 is 1.59. The van der Waals surface area contributed by atoms with Crippen LogP contribution in [0.25, 0.3) is 10.2 Å². The molecule has 0 bridgehead atoms. The zero-order chi connectivity index (χ0) is 14.4. The van der Waals surface area contributed by atoms with Crippen LogP contribution in [0.2, 0.25) is 0 Å². The van der Waals surface area contributed by atoms with Crippen LogP contribution in [0.3, 0.4) is 0 Å². The summed E-state index contributed by atoms with van der Waals surface area (Å²) in [6.45, 7) is 1.87. The van der Waals surface area contributed by atoms with Crippen molar-refractivity contribution in [1.29, 1.82) is 0 Å². The van der Waals surface area contributed by atoms with Gasteiger partial charge in [0.05, 0.1) is 17.8 Å². The van der Waals surface area contributed by atoms with Crippen molar-refractivity contribution in [2.75, 3.05) is 0 Å². The number of tetrazole rings is 1. The number of nitrogens with zero attached hydrogens (tertiary/aromatic N) is 5. The Kier molecular flexibility index (Phi) is 2.85. The Morgan fingerprint density at radius 3 is 3.05 bits per heavy atom. The molecule has 0 fully saturated rings. The molecule has 3 aromatic rings. The Morgan fingerprint density at radius 2 is 2.24 bits per heavy atom. The molecule has 0 radical (unpaired) electrons. The standard InChI is InChI=1S/C13H14N6OS/c1-7(11-15-17-18-16-11)19-6-14-12-10(13(19)20)8-4-2-3-5-9(8)21-12/h6-7H,2-5H2,1H3,(H,15,16,17,18)/t7-/m0/s1. The SMILES string of the molecule is C[C@@H](c1nn[nH]n1)n1cnc2sc3c(c2c1=O)CCCC3. The predicted octanol–water partition coefficient (Wildman–Crippen LogP) is 1.46. The monoisotopic (exact) mass is 302 g/mol. The average molecular weight is 302 g/mol. The molecule has 1 aliphatic rings. The molecule has 3 aromatic heterocycles. The zero-order valence-corrected chi connectivity index (χ0v) is 12.4. The molecule has 1 atom stereocenters. The first-order chi connectivity index (χ1) is 10.3. The van der Waals surface area contributed by atoms with E-state index in [9.17, 15) is 4.79 Å². The van der Waals surface area contributed by atoms with E-state index in [2.05, 4.69) is 25.6 Å². The third kappa shape index (κ3) is 1.90. The summed E-state index contributed by atoms with van der Waals surface area (Å²) in [5.41, 5.74) is 1.20. The molecule has 0 unspecified atom stereocenters. The molecule has 108 valence electrons. The normalized spacial score (nSPS) is 16.0. The second-order valence-corrected chi connectivity index (χ2v) is 6.38. The highest BCUT2D eigenvalue weighted by molar-refractivity contribution is 7.18. The van der Waals surface area contributed by atoms with Crippen LogP contribution in [0.4, 0.5) is 0 Å². The van der Waals surface area contributed by atoms with E-state index in [0.29, 0.717) is 5.82 Å². The molecule has 0 saturated carbocycles. The maximum absolute atomic E-state index is 12.8. The second kappa shape index (κ2) is 4.73. The Morgan fingerprint density at radius 1 is 1.38 bits per heavy atom. The molecule has 4 rings (SSSR count). The number of thiophene rings is 1. The average Bonchev–Trinajstić information content (AvgIpc) is 3.14. The Balaban J connectivity index is 1.92. The number of aromatic nitrogens is 6. The third-order valence-corrected chi connectivity index (χ3v) is 5.25. The zero-order valence-electron chi connectivity index (χ0n) is 11.5. The van der Waals surface area contributed by atoms with Gasteiger partial charge in [0, 0.05) is 4.88 Å². The minimum Gasteiger partial charge on any atom is -0.288 e. The Bertz CT molecular complexity index is 850. The van der Waals surface area contributed by atoms with Crippen molar-refractivity contribution < 1.29 is 0 Å². The molecule has 0 amide bonds. The van der Waals surface area contributed by atoms with E-state index in [1.54, 1.807) is 22.2 Å². The van der Waals surface area contributed by atoms with Crippen LogP contribution in [0.15, 0.2) is 11.1 Å². The lowest BCUT2D eigenvalue weighted by molar-refractivity contribution is 0.575. The van der Waals surface area contributed by atoms with Gasteiger partial charge in [0.2, 0.25) is 0 Å². The van der Waals surface area contributed by atoms with Gasteiger partial charge in [0.1, 0.15) is 4.83 Å². The smallest absolute Gasteiger partial charge is 0.263 e. The topological polar surface area (TPSA) is 89.3 Å². The van der Waals surface area contributed by atoms with Crippen molar-refractivity contribution in [2.45, 2.75) is 38.6 Å². The highest BCUT2D eigenvalue weighted by Gasteiger charge is 2.22. The summed E-state index contributed by atoms with van der Waals surface area (Å²) in [5, 5.41) is 14.7. The van der Waals surface area contributed by atoms with Gasteiger partial charge in [-0.3, -0.25) is 9.36 Å². The third-order valence-electron chi connectivity index (χ3n) is 4.05. The molecule has 7 nitrogen and oxygen atoms in total.